The van der Waals surface area contributed by atoms with Gasteiger partial charge in [0, 0.05) is 6.61 Å². The number of unbranched alkanes of at least 4 members (excludes halogenated alkanes) is 2. The third-order valence-corrected chi connectivity index (χ3v) is 3.36. The monoisotopic (exact) mass is 248 g/mol. The van der Waals surface area contributed by atoms with E-state index in [4.69, 9.17) is 4.74 Å². The number of aryl methyl sites for hydroxylation is 2. The molecule has 1 aromatic rings. The van der Waals surface area contributed by atoms with Gasteiger partial charge in [-0.25, -0.2) is 0 Å². The Morgan fingerprint density at radius 1 is 1.11 bits per heavy atom. The Morgan fingerprint density at radius 3 is 2.56 bits per heavy atom. The van der Waals surface area contributed by atoms with Gasteiger partial charge in [-0.3, -0.25) is 0 Å². The minimum atomic E-state index is 0.0537. The first-order valence-electron chi connectivity index (χ1n) is 7.23. The van der Waals surface area contributed by atoms with Gasteiger partial charge in [0.05, 0.1) is 5.60 Å². The average Bonchev–Trinajstić information content (AvgIpc) is 2.28. The van der Waals surface area contributed by atoms with Gasteiger partial charge in [0.1, 0.15) is 0 Å². The molecule has 18 heavy (non-hydrogen) atoms. The standard InChI is InChI=1S/C17H28O/c1-5-18-17(3,4)13-8-6-7-11-16-12-9-10-15(2)14-16/h9-10,12,14H,5-8,11,13H2,1-4H3. The van der Waals surface area contributed by atoms with E-state index in [9.17, 15) is 0 Å². The Hall–Kier alpha value is -0.820. The first-order valence-corrected chi connectivity index (χ1v) is 7.23. The average molecular weight is 248 g/mol. The van der Waals surface area contributed by atoms with Crippen LogP contribution in [0.2, 0.25) is 0 Å². The van der Waals surface area contributed by atoms with Crippen LogP contribution < -0.4 is 0 Å². The molecule has 0 bridgehead atoms. The molecule has 0 heterocycles. The van der Waals surface area contributed by atoms with Gasteiger partial charge in [0.15, 0.2) is 0 Å². The summed E-state index contributed by atoms with van der Waals surface area (Å²) in [5, 5.41) is 0. The van der Waals surface area contributed by atoms with Crippen LogP contribution in [0.25, 0.3) is 0 Å². The summed E-state index contributed by atoms with van der Waals surface area (Å²) in [7, 11) is 0. The van der Waals surface area contributed by atoms with Crippen LogP contribution in [0.4, 0.5) is 0 Å². The van der Waals surface area contributed by atoms with E-state index in [1.54, 1.807) is 0 Å². The number of benzene rings is 1. The minimum absolute atomic E-state index is 0.0537. The zero-order valence-electron chi connectivity index (χ0n) is 12.5. The molecule has 0 unspecified atom stereocenters. The Labute approximate surface area is 113 Å². The zero-order valence-corrected chi connectivity index (χ0v) is 12.5. The molecule has 0 N–H and O–H groups in total. The molecule has 102 valence electrons. The van der Waals surface area contributed by atoms with Gasteiger partial charge in [0.25, 0.3) is 0 Å². The first kappa shape index (κ1) is 15.2. The molecule has 0 atom stereocenters. The van der Waals surface area contributed by atoms with Crippen molar-refractivity contribution in [3.63, 3.8) is 0 Å². The van der Waals surface area contributed by atoms with Gasteiger partial charge in [0.2, 0.25) is 0 Å². The topological polar surface area (TPSA) is 9.23 Å². The van der Waals surface area contributed by atoms with Crippen molar-refractivity contribution in [3.8, 4) is 0 Å². The molecular weight excluding hydrogens is 220 g/mol. The summed E-state index contributed by atoms with van der Waals surface area (Å²) in [6.45, 7) is 9.43. The van der Waals surface area contributed by atoms with Crippen LogP contribution in [0.5, 0.6) is 0 Å². The fourth-order valence-corrected chi connectivity index (χ4v) is 2.39. The van der Waals surface area contributed by atoms with E-state index in [-0.39, 0.29) is 5.60 Å². The van der Waals surface area contributed by atoms with Crippen molar-refractivity contribution in [1.82, 2.24) is 0 Å². The molecule has 0 fully saturated rings. The molecular formula is C17H28O. The van der Waals surface area contributed by atoms with Crippen LogP contribution in [0, 0.1) is 6.92 Å². The van der Waals surface area contributed by atoms with Crippen LogP contribution in [0.15, 0.2) is 24.3 Å². The molecule has 0 aliphatic rings. The van der Waals surface area contributed by atoms with E-state index < -0.39 is 0 Å². The molecule has 1 nitrogen and oxygen atoms in total. The fraction of sp³-hybridized carbons (Fsp3) is 0.647. The molecule has 0 aromatic heterocycles. The molecule has 0 amide bonds. The van der Waals surface area contributed by atoms with E-state index in [0.29, 0.717) is 0 Å². The van der Waals surface area contributed by atoms with Gasteiger partial charge in [-0.05, 0) is 52.5 Å². The smallest absolute Gasteiger partial charge is 0.0626 e. The molecule has 0 saturated carbocycles. The maximum absolute atomic E-state index is 5.71. The van der Waals surface area contributed by atoms with Gasteiger partial charge < -0.3 is 4.74 Å². The van der Waals surface area contributed by atoms with Crippen molar-refractivity contribution < 1.29 is 4.74 Å². The highest BCUT2D eigenvalue weighted by Gasteiger charge is 2.16. The highest BCUT2D eigenvalue weighted by atomic mass is 16.5. The number of hydrogen-bond donors (Lipinski definition) is 0. The van der Waals surface area contributed by atoms with E-state index in [1.807, 2.05) is 0 Å². The quantitative estimate of drug-likeness (QED) is 0.594. The van der Waals surface area contributed by atoms with Crippen molar-refractivity contribution in [3.05, 3.63) is 35.4 Å². The van der Waals surface area contributed by atoms with Crippen molar-refractivity contribution in [2.75, 3.05) is 6.61 Å². The van der Waals surface area contributed by atoms with Crippen molar-refractivity contribution in [2.45, 2.75) is 65.4 Å². The summed E-state index contributed by atoms with van der Waals surface area (Å²) < 4.78 is 5.71. The Morgan fingerprint density at radius 2 is 1.89 bits per heavy atom. The lowest BCUT2D eigenvalue weighted by Gasteiger charge is -2.24. The third-order valence-electron chi connectivity index (χ3n) is 3.36. The van der Waals surface area contributed by atoms with Crippen molar-refractivity contribution in [2.24, 2.45) is 0 Å². The third kappa shape index (κ3) is 6.20. The maximum Gasteiger partial charge on any atom is 0.0626 e. The van der Waals surface area contributed by atoms with Crippen LogP contribution in [0.3, 0.4) is 0 Å². The lowest BCUT2D eigenvalue weighted by Crippen LogP contribution is -2.24. The van der Waals surface area contributed by atoms with E-state index in [0.717, 1.165) is 13.0 Å². The Balaban J connectivity index is 2.16. The van der Waals surface area contributed by atoms with Gasteiger partial charge in [-0.15, -0.1) is 0 Å². The molecule has 0 aliphatic heterocycles. The summed E-state index contributed by atoms with van der Waals surface area (Å²) in [6, 6.07) is 8.85. The number of ether oxygens (including phenoxy) is 1. The zero-order chi connectivity index (χ0) is 13.4. The second-order valence-corrected chi connectivity index (χ2v) is 5.74. The first-order chi connectivity index (χ1) is 8.53. The molecule has 0 spiro atoms. The lowest BCUT2D eigenvalue weighted by molar-refractivity contribution is -0.0177. The van der Waals surface area contributed by atoms with Crippen LogP contribution >= 0.6 is 0 Å². The lowest BCUT2D eigenvalue weighted by atomic mass is 9.98. The fourth-order valence-electron chi connectivity index (χ4n) is 2.39. The van der Waals surface area contributed by atoms with E-state index in [2.05, 4.69) is 52.0 Å². The van der Waals surface area contributed by atoms with Crippen LogP contribution in [0.1, 0.15) is 57.6 Å². The summed E-state index contributed by atoms with van der Waals surface area (Å²) >= 11 is 0. The van der Waals surface area contributed by atoms with Crippen LogP contribution in [-0.4, -0.2) is 12.2 Å². The molecule has 0 radical (unpaired) electrons. The van der Waals surface area contributed by atoms with Crippen LogP contribution in [-0.2, 0) is 11.2 Å². The number of hydrogen-bond acceptors (Lipinski definition) is 1. The maximum atomic E-state index is 5.71. The second-order valence-electron chi connectivity index (χ2n) is 5.74. The summed E-state index contributed by atoms with van der Waals surface area (Å²) in [5.41, 5.74) is 2.89. The Kier molecular flexibility index (Phi) is 6.42. The second kappa shape index (κ2) is 7.58. The highest BCUT2D eigenvalue weighted by molar-refractivity contribution is 5.22. The summed E-state index contributed by atoms with van der Waals surface area (Å²) in [4.78, 5) is 0. The van der Waals surface area contributed by atoms with Gasteiger partial charge in [-0.1, -0.05) is 42.7 Å². The van der Waals surface area contributed by atoms with Gasteiger partial charge in [-0.2, -0.15) is 0 Å². The molecule has 0 aliphatic carbocycles. The SMILES string of the molecule is CCOC(C)(C)CCCCCc1cccc(C)c1. The van der Waals surface area contributed by atoms with E-state index >= 15 is 0 Å². The predicted molar refractivity (Wildman–Crippen MR) is 79.1 cm³/mol. The predicted octanol–water partition coefficient (Wildman–Crippen LogP) is 4.91. The largest absolute Gasteiger partial charge is 0.376 e. The molecule has 1 heteroatoms. The van der Waals surface area contributed by atoms with Crippen molar-refractivity contribution in [1.29, 1.82) is 0 Å². The highest BCUT2D eigenvalue weighted by Crippen LogP contribution is 2.19. The summed E-state index contributed by atoms with van der Waals surface area (Å²) in [6.07, 6.45) is 6.21. The molecule has 0 saturated heterocycles. The molecule has 1 rings (SSSR count). The normalized spacial score (nSPS) is 11.8. The molecule has 1 aromatic carbocycles. The Bertz CT molecular complexity index is 341. The summed E-state index contributed by atoms with van der Waals surface area (Å²) in [5.74, 6) is 0. The van der Waals surface area contributed by atoms with Crippen molar-refractivity contribution >= 4 is 0 Å². The number of rotatable bonds is 8. The minimum Gasteiger partial charge on any atom is -0.376 e. The van der Waals surface area contributed by atoms with Gasteiger partial charge >= 0.3 is 0 Å². The van der Waals surface area contributed by atoms with E-state index in [1.165, 1.54) is 36.8 Å².